The Hall–Kier alpha value is -2.22. The molecule has 1 aromatic carbocycles. The SMILES string of the molecule is CC(C)(C#N)CCCOc1ccc(N)cc1C(=O)O. The number of benzene rings is 1. The van der Waals surface area contributed by atoms with Crippen molar-refractivity contribution in [2.24, 2.45) is 5.41 Å². The molecule has 0 bridgehead atoms. The van der Waals surface area contributed by atoms with Crippen LogP contribution in [-0.4, -0.2) is 17.7 Å². The zero-order valence-electron chi connectivity index (χ0n) is 11.1. The van der Waals surface area contributed by atoms with E-state index in [-0.39, 0.29) is 11.0 Å². The highest BCUT2D eigenvalue weighted by Gasteiger charge is 2.16. The molecule has 0 aliphatic heterocycles. The van der Waals surface area contributed by atoms with Crippen LogP contribution in [0.3, 0.4) is 0 Å². The van der Waals surface area contributed by atoms with Crippen LogP contribution in [0.1, 0.15) is 37.0 Å². The monoisotopic (exact) mass is 262 g/mol. The lowest BCUT2D eigenvalue weighted by Crippen LogP contribution is -2.11. The molecule has 0 radical (unpaired) electrons. The van der Waals surface area contributed by atoms with E-state index in [0.717, 1.165) is 0 Å². The van der Waals surface area contributed by atoms with Crippen LogP contribution < -0.4 is 10.5 Å². The minimum absolute atomic E-state index is 0.0551. The summed E-state index contributed by atoms with van der Waals surface area (Å²) in [6.45, 7) is 4.09. The number of carboxylic acid groups (broad SMARTS) is 1. The summed E-state index contributed by atoms with van der Waals surface area (Å²) in [5.74, 6) is -0.767. The zero-order chi connectivity index (χ0) is 14.5. The highest BCUT2D eigenvalue weighted by Crippen LogP contribution is 2.24. The average molecular weight is 262 g/mol. The fourth-order valence-corrected chi connectivity index (χ4v) is 1.59. The molecule has 0 amide bonds. The molecule has 0 heterocycles. The number of hydrogen-bond acceptors (Lipinski definition) is 4. The molecule has 5 heteroatoms. The molecule has 0 saturated heterocycles. The Morgan fingerprint density at radius 1 is 1.53 bits per heavy atom. The van der Waals surface area contributed by atoms with Gasteiger partial charge in [-0.1, -0.05) is 0 Å². The first kappa shape index (κ1) is 14.8. The Morgan fingerprint density at radius 3 is 2.79 bits per heavy atom. The first-order valence-electron chi connectivity index (χ1n) is 6.02. The summed E-state index contributed by atoms with van der Waals surface area (Å²) in [4.78, 5) is 11.0. The van der Waals surface area contributed by atoms with Crippen LogP contribution in [0.5, 0.6) is 5.75 Å². The third-order valence-corrected chi connectivity index (χ3v) is 2.74. The smallest absolute Gasteiger partial charge is 0.339 e. The van der Waals surface area contributed by atoms with Gasteiger partial charge in [0.1, 0.15) is 11.3 Å². The summed E-state index contributed by atoms with van der Waals surface area (Å²) < 4.78 is 5.45. The van der Waals surface area contributed by atoms with Crippen molar-refractivity contribution < 1.29 is 14.6 Å². The maximum absolute atomic E-state index is 11.0. The van der Waals surface area contributed by atoms with E-state index in [9.17, 15) is 4.79 Å². The largest absolute Gasteiger partial charge is 0.493 e. The van der Waals surface area contributed by atoms with Crippen LogP contribution >= 0.6 is 0 Å². The molecule has 19 heavy (non-hydrogen) atoms. The fraction of sp³-hybridized carbons (Fsp3) is 0.429. The Morgan fingerprint density at radius 2 is 2.21 bits per heavy atom. The minimum atomic E-state index is -1.07. The van der Waals surface area contributed by atoms with Gasteiger partial charge in [-0.25, -0.2) is 4.79 Å². The van der Waals surface area contributed by atoms with E-state index in [2.05, 4.69) is 6.07 Å². The highest BCUT2D eigenvalue weighted by atomic mass is 16.5. The van der Waals surface area contributed by atoms with Gasteiger partial charge < -0.3 is 15.6 Å². The average Bonchev–Trinajstić information content (AvgIpc) is 2.36. The molecule has 0 atom stereocenters. The van der Waals surface area contributed by atoms with Crippen molar-refractivity contribution in [1.29, 1.82) is 5.26 Å². The molecular weight excluding hydrogens is 244 g/mol. The molecule has 0 spiro atoms. The maximum atomic E-state index is 11.0. The number of nitrogen functional groups attached to an aromatic ring is 1. The lowest BCUT2D eigenvalue weighted by atomic mass is 9.90. The third-order valence-electron chi connectivity index (χ3n) is 2.74. The number of nitrogens with zero attached hydrogens (tertiary/aromatic N) is 1. The summed E-state index contributed by atoms with van der Waals surface area (Å²) >= 11 is 0. The number of nitrogens with two attached hydrogens (primary N) is 1. The van der Waals surface area contributed by atoms with E-state index in [1.165, 1.54) is 6.07 Å². The zero-order valence-corrected chi connectivity index (χ0v) is 11.1. The molecule has 1 rings (SSSR count). The normalized spacial score (nSPS) is 10.8. The van der Waals surface area contributed by atoms with Gasteiger partial charge in [0, 0.05) is 5.69 Å². The van der Waals surface area contributed by atoms with Crippen molar-refractivity contribution in [2.45, 2.75) is 26.7 Å². The van der Waals surface area contributed by atoms with Crippen LogP contribution in [0.25, 0.3) is 0 Å². The number of carbonyl (C=O) groups is 1. The van der Waals surface area contributed by atoms with Crippen molar-refractivity contribution in [2.75, 3.05) is 12.3 Å². The lowest BCUT2D eigenvalue weighted by Gasteiger charge is -2.15. The summed E-state index contributed by atoms with van der Waals surface area (Å²) in [5, 5.41) is 17.9. The van der Waals surface area contributed by atoms with Crippen LogP contribution in [0.4, 0.5) is 5.69 Å². The van der Waals surface area contributed by atoms with Crippen LogP contribution in [0.2, 0.25) is 0 Å². The minimum Gasteiger partial charge on any atom is -0.493 e. The van der Waals surface area contributed by atoms with E-state index in [4.69, 9.17) is 20.8 Å². The Labute approximate surface area is 112 Å². The van der Waals surface area contributed by atoms with E-state index >= 15 is 0 Å². The molecule has 3 N–H and O–H groups in total. The van der Waals surface area contributed by atoms with Gasteiger partial charge in [-0.3, -0.25) is 0 Å². The first-order chi connectivity index (χ1) is 8.85. The van der Waals surface area contributed by atoms with Gasteiger partial charge in [0.25, 0.3) is 0 Å². The Balaban J connectivity index is 2.59. The first-order valence-corrected chi connectivity index (χ1v) is 6.02. The lowest BCUT2D eigenvalue weighted by molar-refractivity contribution is 0.0692. The van der Waals surface area contributed by atoms with Gasteiger partial charge in [0.05, 0.1) is 18.1 Å². The van der Waals surface area contributed by atoms with Gasteiger partial charge in [0.2, 0.25) is 0 Å². The quantitative estimate of drug-likeness (QED) is 0.607. The summed E-state index contributed by atoms with van der Waals surface area (Å²) in [7, 11) is 0. The summed E-state index contributed by atoms with van der Waals surface area (Å²) in [6, 6.07) is 6.73. The van der Waals surface area contributed by atoms with Gasteiger partial charge in [0.15, 0.2) is 0 Å². The highest BCUT2D eigenvalue weighted by molar-refractivity contribution is 5.92. The molecule has 0 aliphatic rings. The summed E-state index contributed by atoms with van der Waals surface area (Å²) in [6.07, 6.45) is 1.38. The molecule has 0 aliphatic carbocycles. The number of aromatic carboxylic acids is 1. The molecule has 5 nitrogen and oxygen atoms in total. The van der Waals surface area contributed by atoms with Gasteiger partial charge in [-0.15, -0.1) is 0 Å². The van der Waals surface area contributed by atoms with E-state index in [1.807, 2.05) is 13.8 Å². The fourth-order valence-electron chi connectivity index (χ4n) is 1.59. The molecule has 0 aromatic heterocycles. The van der Waals surface area contributed by atoms with Crippen LogP contribution in [-0.2, 0) is 0 Å². The van der Waals surface area contributed by atoms with Crippen molar-refractivity contribution in [3.63, 3.8) is 0 Å². The molecular formula is C14H18N2O3. The Kier molecular flexibility index (Phi) is 4.76. The molecule has 1 aromatic rings. The molecule has 0 unspecified atom stereocenters. The van der Waals surface area contributed by atoms with Crippen molar-refractivity contribution in [3.8, 4) is 11.8 Å². The number of ether oxygens (including phenoxy) is 1. The number of rotatable bonds is 6. The number of nitriles is 1. The van der Waals surface area contributed by atoms with E-state index in [0.29, 0.717) is 30.9 Å². The third kappa shape index (κ3) is 4.51. The van der Waals surface area contributed by atoms with E-state index < -0.39 is 5.97 Å². The standard InChI is InChI=1S/C14H18N2O3/c1-14(2,9-15)6-3-7-19-12-5-4-10(16)8-11(12)13(17)18/h4-5,8H,3,6-7,16H2,1-2H3,(H,17,18). The molecule has 0 fully saturated rings. The van der Waals surface area contributed by atoms with Crippen LogP contribution in [0.15, 0.2) is 18.2 Å². The topological polar surface area (TPSA) is 96.3 Å². The second-order valence-electron chi connectivity index (χ2n) is 5.01. The number of anilines is 1. The van der Waals surface area contributed by atoms with Crippen molar-refractivity contribution in [1.82, 2.24) is 0 Å². The molecule has 0 saturated carbocycles. The number of hydrogen-bond donors (Lipinski definition) is 2. The predicted octanol–water partition coefficient (Wildman–Crippen LogP) is 2.68. The second-order valence-corrected chi connectivity index (χ2v) is 5.01. The number of carboxylic acids is 1. The van der Waals surface area contributed by atoms with Gasteiger partial charge >= 0.3 is 5.97 Å². The van der Waals surface area contributed by atoms with E-state index in [1.54, 1.807) is 12.1 Å². The Bertz CT molecular complexity index is 504. The maximum Gasteiger partial charge on any atom is 0.339 e. The van der Waals surface area contributed by atoms with Crippen LogP contribution in [0, 0.1) is 16.7 Å². The second kappa shape index (κ2) is 6.10. The van der Waals surface area contributed by atoms with Gasteiger partial charge in [-0.2, -0.15) is 5.26 Å². The molecule has 102 valence electrons. The predicted molar refractivity (Wildman–Crippen MR) is 71.9 cm³/mol. The summed E-state index contributed by atoms with van der Waals surface area (Å²) in [5.41, 5.74) is 5.59. The van der Waals surface area contributed by atoms with Gasteiger partial charge in [-0.05, 0) is 44.9 Å². The van der Waals surface area contributed by atoms with Crippen molar-refractivity contribution >= 4 is 11.7 Å². The van der Waals surface area contributed by atoms with Crippen molar-refractivity contribution in [3.05, 3.63) is 23.8 Å².